The van der Waals surface area contributed by atoms with Crippen molar-refractivity contribution in [1.29, 1.82) is 0 Å². The maximum atomic E-state index is 13.3. The first-order valence-corrected chi connectivity index (χ1v) is 5.49. The van der Waals surface area contributed by atoms with Crippen molar-refractivity contribution in [3.8, 4) is 0 Å². The van der Waals surface area contributed by atoms with Crippen LogP contribution in [0.3, 0.4) is 0 Å². The van der Waals surface area contributed by atoms with Gasteiger partial charge in [0.05, 0.1) is 12.7 Å². The van der Waals surface area contributed by atoms with E-state index in [0.29, 0.717) is 6.07 Å². The fourth-order valence-corrected chi connectivity index (χ4v) is 1.79. The molecule has 0 aliphatic rings. The summed E-state index contributed by atoms with van der Waals surface area (Å²) in [6.45, 7) is 1.22. The van der Waals surface area contributed by atoms with Crippen LogP contribution in [0, 0.1) is 12.7 Å². The second-order valence-corrected chi connectivity index (χ2v) is 4.35. The van der Waals surface area contributed by atoms with E-state index in [1.165, 1.54) is 6.92 Å². The fraction of sp³-hybridized carbons (Fsp3) is 0.222. The van der Waals surface area contributed by atoms with Gasteiger partial charge in [0.1, 0.15) is 10.7 Å². The summed E-state index contributed by atoms with van der Waals surface area (Å²) in [7, 11) is -4.13. The molecule has 16 heavy (non-hydrogen) atoms. The summed E-state index contributed by atoms with van der Waals surface area (Å²) >= 11 is 0. The van der Waals surface area contributed by atoms with Crippen molar-refractivity contribution in [2.24, 2.45) is 0 Å². The van der Waals surface area contributed by atoms with E-state index in [2.05, 4.69) is 4.74 Å². The van der Waals surface area contributed by atoms with Crippen molar-refractivity contribution in [3.05, 3.63) is 29.1 Å². The first-order chi connectivity index (χ1) is 7.27. The van der Waals surface area contributed by atoms with Gasteiger partial charge in [-0.05, 0) is 24.6 Å². The molecule has 0 unspecified atom stereocenters. The van der Waals surface area contributed by atoms with Crippen LogP contribution in [-0.4, -0.2) is 21.5 Å². The summed E-state index contributed by atoms with van der Waals surface area (Å²) in [5.41, 5.74) is -0.378. The van der Waals surface area contributed by atoms with Crippen LogP contribution in [0.2, 0.25) is 0 Å². The zero-order chi connectivity index (χ0) is 12.5. The maximum Gasteiger partial charge on any atom is 0.337 e. The van der Waals surface area contributed by atoms with Gasteiger partial charge in [-0.3, -0.25) is 0 Å². The van der Waals surface area contributed by atoms with Gasteiger partial charge in [-0.15, -0.1) is 3.89 Å². The normalized spacial score (nSPS) is 11.2. The van der Waals surface area contributed by atoms with Gasteiger partial charge in [-0.2, -0.15) is 8.42 Å². The number of esters is 1. The molecule has 0 heterocycles. The Hall–Kier alpha value is -1.50. The minimum atomic E-state index is -5.20. The molecular formula is C9H8F2O4S. The quantitative estimate of drug-likeness (QED) is 0.590. The molecule has 1 aromatic rings. The number of carbonyl (C=O) groups is 1. The van der Waals surface area contributed by atoms with E-state index in [0.717, 1.165) is 13.2 Å². The molecule has 0 aliphatic carbocycles. The van der Waals surface area contributed by atoms with E-state index in [4.69, 9.17) is 0 Å². The highest BCUT2D eigenvalue weighted by atomic mass is 32.3. The number of hydrogen-bond acceptors (Lipinski definition) is 4. The number of rotatable bonds is 2. The molecule has 0 bridgehead atoms. The van der Waals surface area contributed by atoms with Crippen LogP contribution < -0.4 is 0 Å². The summed E-state index contributed by atoms with van der Waals surface area (Å²) in [5.74, 6) is -2.08. The fourth-order valence-electron chi connectivity index (χ4n) is 1.15. The van der Waals surface area contributed by atoms with Gasteiger partial charge in [0.25, 0.3) is 0 Å². The van der Waals surface area contributed by atoms with Crippen LogP contribution in [0.15, 0.2) is 17.0 Å². The second-order valence-electron chi connectivity index (χ2n) is 3.03. The summed E-state index contributed by atoms with van der Waals surface area (Å²) in [5, 5.41) is 0. The molecular weight excluding hydrogens is 242 g/mol. The number of carbonyl (C=O) groups excluding carboxylic acids is 1. The van der Waals surface area contributed by atoms with Crippen molar-refractivity contribution in [1.82, 2.24) is 0 Å². The third-order valence-electron chi connectivity index (χ3n) is 1.90. The van der Waals surface area contributed by atoms with E-state index in [1.54, 1.807) is 0 Å². The third kappa shape index (κ3) is 2.35. The monoisotopic (exact) mass is 250 g/mol. The SMILES string of the molecule is COC(=O)c1cc(C)c(F)c(S(=O)(=O)F)c1. The summed E-state index contributed by atoms with van der Waals surface area (Å²) in [4.78, 5) is 9.93. The lowest BCUT2D eigenvalue weighted by Crippen LogP contribution is -2.06. The molecule has 0 saturated carbocycles. The molecule has 0 saturated heterocycles. The summed E-state index contributed by atoms with van der Waals surface area (Å²) in [6.07, 6.45) is 0. The molecule has 0 aromatic heterocycles. The molecule has 1 aromatic carbocycles. The van der Waals surface area contributed by atoms with Gasteiger partial charge in [-0.1, -0.05) is 0 Å². The smallest absolute Gasteiger partial charge is 0.337 e. The first-order valence-electron chi connectivity index (χ1n) is 4.10. The second kappa shape index (κ2) is 4.17. The van der Waals surface area contributed by atoms with Gasteiger partial charge in [0.2, 0.25) is 0 Å². The van der Waals surface area contributed by atoms with Gasteiger partial charge in [0.15, 0.2) is 0 Å². The molecule has 1 rings (SSSR count). The first kappa shape index (κ1) is 12.6. The Kier molecular flexibility index (Phi) is 3.27. The zero-order valence-corrected chi connectivity index (χ0v) is 9.27. The van der Waals surface area contributed by atoms with Crippen LogP contribution in [0.5, 0.6) is 0 Å². The lowest BCUT2D eigenvalue weighted by molar-refractivity contribution is 0.0600. The standard InChI is InChI=1S/C9H8F2O4S/c1-5-3-6(9(12)15-2)4-7(8(5)10)16(11,13)14/h3-4H,1-2H3. The van der Waals surface area contributed by atoms with Crippen molar-refractivity contribution in [2.75, 3.05) is 7.11 Å². The van der Waals surface area contributed by atoms with Crippen LogP contribution in [0.1, 0.15) is 15.9 Å². The van der Waals surface area contributed by atoms with Gasteiger partial charge in [-0.25, -0.2) is 9.18 Å². The van der Waals surface area contributed by atoms with Gasteiger partial charge < -0.3 is 4.74 Å². The lowest BCUT2D eigenvalue weighted by Gasteiger charge is -2.05. The Morgan fingerprint density at radius 2 is 1.94 bits per heavy atom. The number of methoxy groups -OCH3 is 1. The average Bonchev–Trinajstić information content (AvgIpc) is 2.18. The van der Waals surface area contributed by atoms with Crippen molar-refractivity contribution in [3.63, 3.8) is 0 Å². The van der Waals surface area contributed by atoms with Crippen LogP contribution in [-0.2, 0) is 15.0 Å². The molecule has 88 valence electrons. The molecule has 7 heteroatoms. The van der Waals surface area contributed by atoms with Crippen molar-refractivity contribution in [2.45, 2.75) is 11.8 Å². The number of ether oxygens (including phenoxy) is 1. The number of aryl methyl sites for hydroxylation is 1. The molecule has 0 N–H and O–H groups in total. The minimum Gasteiger partial charge on any atom is -0.465 e. The Balaban J connectivity index is 3.52. The average molecular weight is 250 g/mol. The molecule has 0 radical (unpaired) electrons. The van der Waals surface area contributed by atoms with E-state index in [1.807, 2.05) is 0 Å². The summed E-state index contributed by atoms with van der Waals surface area (Å²) < 4.78 is 51.5. The highest BCUT2D eigenvalue weighted by Gasteiger charge is 2.22. The Morgan fingerprint density at radius 3 is 2.38 bits per heavy atom. The highest BCUT2D eigenvalue weighted by Crippen LogP contribution is 2.22. The molecule has 0 atom stereocenters. The largest absolute Gasteiger partial charge is 0.465 e. The van der Waals surface area contributed by atoms with Crippen LogP contribution in [0.25, 0.3) is 0 Å². The molecule has 0 spiro atoms. The van der Waals surface area contributed by atoms with Crippen LogP contribution in [0.4, 0.5) is 8.28 Å². The Labute approximate surface area is 91.1 Å². The number of benzene rings is 1. The predicted molar refractivity (Wildman–Crippen MR) is 50.8 cm³/mol. The number of halogens is 2. The summed E-state index contributed by atoms with van der Waals surface area (Å²) in [6, 6.07) is 1.68. The van der Waals surface area contributed by atoms with E-state index < -0.39 is 26.9 Å². The van der Waals surface area contributed by atoms with E-state index in [-0.39, 0.29) is 11.1 Å². The molecule has 0 amide bonds. The molecule has 0 fully saturated rings. The molecule has 0 aliphatic heterocycles. The topological polar surface area (TPSA) is 60.4 Å². The highest BCUT2D eigenvalue weighted by molar-refractivity contribution is 7.86. The third-order valence-corrected chi connectivity index (χ3v) is 2.73. The van der Waals surface area contributed by atoms with Gasteiger partial charge >= 0.3 is 16.2 Å². The molecule has 4 nitrogen and oxygen atoms in total. The van der Waals surface area contributed by atoms with E-state index in [9.17, 15) is 21.5 Å². The van der Waals surface area contributed by atoms with Crippen molar-refractivity contribution >= 4 is 16.2 Å². The van der Waals surface area contributed by atoms with E-state index >= 15 is 0 Å². The maximum absolute atomic E-state index is 13.3. The lowest BCUT2D eigenvalue weighted by atomic mass is 10.1. The number of hydrogen-bond donors (Lipinski definition) is 0. The zero-order valence-electron chi connectivity index (χ0n) is 8.45. The minimum absolute atomic E-state index is 0.154. The predicted octanol–water partition coefficient (Wildman–Crippen LogP) is 1.58. The Morgan fingerprint density at radius 1 is 1.38 bits per heavy atom. The van der Waals surface area contributed by atoms with Crippen molar-refractivity contribution < 1.29 is 26.2 Å². The van der Waals surface area contributed by atoms with Gasteiger partial charge in [0, 0.05) is 0 Å². The Bertz CT molecular complexity index is 537. The van der Waals surface area contributed by atoms with Crippen LogP contribution >= 0.6 is 0 Å².